The van der Waals surface area contributed by atoms with E-state index in [9.17, 15) is 28.8 Å². The van der Waals surface area contributed by atoms with Crippen LogP contribution in [0, 0.1) is 0 Å². The van der Waals surface area contributed by atoms with Crippen molar-refractivity contribution in [2.24, 2.45) is 0 Å². The van der Waals surface area contributed by atoms with Gasteiger partial charge in [-0.25, -0.2) is 5.43 Å². The van der Waals surface area contributed by atoms with Crippen molar-refractivity contribution < 1.29 is 28.8 Å². The van der Waals surface area contributed by atoms with E-state index in [0.29, 0.717) is 109 Å². The predicted octanol–water partition coefficient (Wildman–Crippen LogP) is 10.7. The molecule has 1 aromatic heterocycles. The standard InChI is InChI=1S/C54H96N12O3.C20H39N5O2.C17H33N3O/c1-49(2)37-61(43(67)52(7,8)58(49)13)31-34-64(40-25-19-16-20-26-40)46-55-47(65(41-27-21-17-22-28-41)35-32-62-38-50(3,4)59(14)53(9,10)44(62)68)57-48(56-46)66(42-29-23-18-24-30-42)36-33-63-39-51(5,6)60(15)54(11,12)45(63)69;1-17(2)13-24(15(26)19(5,6)22(17)9)12-11-21-25-14-18(3,4)23(10)20(7,8)16(25)27;1-16(2)13-20(15(21)17(3,4)19(16)5)12-11-18-14-9-7-6-8-10-14/h40-42H,16-39H2,1-15H3;21H,11-14H2,1-10H3;14,18H,6-13H2,1-5H3. The van der Waals surface area contributed by atoms with E-state index < -0.39 is 33.2 Å². The molecule has 26 heteroatoms. The van der Waals surface area contributed by atoms with Crippen molar-refractivity contribution in [1.82, 2.24) is 84.6 Å². The van der Waals surface area contributed by atoms with Crippen LogP contribution in [0.1, 0.15) is 295 Å². The maximum Gasteiger partial charge on any atom is 0.256 e. The van der Waals surface area contributed by atoms with Gasteiger partial charge >= 0.3 is 0 Å². The van der Waals surface area contributed by atoms with Crippen molar-refractivity contribution in [2.45, 2.75) is 385 Å². The number of nitrogens with zero attached hydrogens (tertiary/aromatic N) is 18. The molecule has 1 aromatic rings. The molecule has 4 aliphatic carbocycles. The van der Waals surface area contributed by atoms with Crippen molar-refractivity contribution in [3.05, 3.63) is 0 Å². The van der Waals surface area contributed by atoms with Crippen LogP contribution in [0.15, 0.2) is 0 Å². The van der Waals surface area contributed by atoms with Gasteiger partial charge in [0, 0.05) is 156 Å². The van der Waals surface area contributed by atoms with Gasteiger partial charge in [-0.15, -0.1) is 0 Å². The average molecular weight is 1640 g/mol. The Hall–Kier alpha value is -5.09. The third kappa shape index (κ3) is 20.7. The average Bonchev–Trinajstić information content (AvgIpc) is 0.784. The predicted molar refractivity (Wildman–Crippen MR) is 476 cm³/mol. The number of aromatic nitrogens is 3. The highest BCUT2D eigenvalue weighted by atomic mass is 16.2. The second-order valence-corrected chi connectivity index (χ2v) is 44.0. The summed E-state index contributed by atoms with van der Waals surface area (Å²) in [5, 5.41) is 5.38. The van der Waals surface area contributed by atoms with E-state index in [1.807, 2.05) is 60.5 Å². The van der Waals surface area contributed by atoms with Gasteiger partial charge in [0.25, 0.3) is 5.91 Å². The highest BCUT2D eigenvalue weighted by molar-refractivity contribution is 5.89. The number of piperazine rings is 6. The van der Waals surface area contributed by atoms with Crippen molar-refractivity contribution in [2.75, 3.05) is 162 Å². The molecular weight excluding hydrogens is 1470 g/mol. The van der Waals surface area contributed by atoms with Gasteiger partial charge in [-0.2, -0.15) is 15.0 Å². The molecule has 7 heterocycles. The summed E-state index contributed by atoms with van der Waals surface area (Å²) in [5.41, 5.74) is -0.859. The molecule has 117 heavy (non-hydrogen) atoms. The summed E-state index contributed by atoms with van der Waals surface area (Å²) in [6.45, 7) is 61.4. The van der Waals surface area contributed by atoms with Crippen LogP contribution in [-0.2, 0) is 28.8 Å². The van der Waals surface area contributed by atoms with Crippen LogP contribution in [0.25, 0.3) is 0 Å². The molecular formula is C91H168N20O6. The minimum Gasteiger partial charge on any atom is -0.338 e. The lowest BCUT2D eigenvalue weighted by Crippen LogP contribution is -2.73. The third-order valence-corrected chi connectivity index (χ3v) is 31.1. The fourth-order valence-corrected chi connectivity index (χ4v) is 21.4. The number of hydrazine groups is 1. The fourth-order valence-electron chi connectivity index (χ4n) is 21.4. The van der Waals surface area contributed by atoms with Crippen molar-refractivity contribution in [1.29, 1.82) is 0 Å². The van der Waals surface area contributed by atoms with E-state index in [0.717, 1.165) is 96.7 Å². The fraction of sp³-hybridized carbons (Fsp3) is 0.901. The first-order valence-electron chi connectivity index (χ1n) is 45.8. The van der Waals surface area contributed by atoms with Crippen LogP contribution < -0.4 is 25.4 Å². The van der Waals surface area contributed by atoms with E-state index in [4.69, 9.17) is 15.0 Å². The lowest BCUT2D eigenvalue weighted by molar-refractivity contribution is -0.163. The molecule has 26 nitrogen and oxygen atoms in total. The highest BCUT2D eigenvalue weighted by Gasteiger charge is 2.55. The Bertz CT molecular complexity index is 3280. The number of likely N-dealkylation sites (N-methyl/N-ethyl adjacent to an activating group) is 6. The van der Waals surface area contributed by atoms with E-state index >= 15 is 0 Å². The maximum absolute atomic E-state index is 14.3. The van der Waals surface area contributed by atoms with E-state index in [1.54, 1.807) is 5.01 Å². The largest absolute Gasteiger partial charge is 0.338 e. The zero-order chi connectivity index (χ0) is 87.2. The summed E-state index contributed by atoms with van der Waals surface area (Å²) in [5.74, 6) is 3.02. The number of rotatable bonds is 23. The Morgan fingerprint density at radius 1 is 0.282 bits per heavy atom. The lowest BCUT2D eigenvalue weighted by Gasteiger charge is -2.54. The second-order valence-electron chi connectivity index (χ2n) is 44.0. The molecule has 668 valence electrons. The smallest absolute Gasteiger partial charge is 0.256 e. The van der Waals surface area contributed by atoms with Gasteiger partial charge in [0.15, 0.2) is 0 Å². The molecule has 4 saturated carbocycles. The number of hydrogen-bond acceptors (Lipinski definition) is 20. The number of hydrogen-bond donors (Lipinski definition) is 2. The zero-order valence-electron chi connectivity index (χ0n) is 79.8. The lowest BCUT2D eigenvalue weighted by atomic mass is 9.87. The van der Waals surface area contributed by atoms with E-state index in [2.05, 4.69) is 227 Å². The summed E-state index contributed by atoms with van der Waals surface area (Å²) < 4.78 is 0. The molecule has 10 aliphatic rings. The molecule has 6 saturated heterocycles. The van der Waals surface area contributed by atoms with Gasteiger partial charge in [-0.1, -0.05) is 77.0 Å². The molecule has 11 rings (SSSR count). The number of nitrogens with one attached hydrogen (secondary N) is 2. The Morgan fingerprint density at radius 2 is 0.496 bits per heavy atom. The van der Waals surface area contributed by atoms with Crippen LogP contribution in [0.5, 0.6) is 0 Å². The topological polar surface area (TPSA) is 214 Å². The quantitative estimate of drug-likeness (QED) is 0.104. The number of anilines is 3. The molecule has 0 unspecified atom stereocenters. The van der Waals surface area contributed by atoms with Gasteiger partial charge < -0.3 is 44.5 Å². The number of carbonyl (C=O) groups is 6. The monoisotopic (exact) mass is 1640 g/mol. The maximum atomic E-state index is 14.3. The van der Waals surface area contributed by atoms with Gasteiger partial charge in [0.05, 0.1) is 39.8 Å². The Balaban J connectivity index is 0.000000263. The van der Waals surface area contributed by atoms with E-state index in [-0.39, 0.29) is 86.8 Å². The van der Waals surface area contributed by atoms with Crippen molar-refractivity contribution in [3.63, 3.8) is 0 Å². The minimum absolute atomic E-state index is 0.0300. The molecule has 10 fully saturated rings. The Morgan fingerprint density at radius 3 is 0.752 bits per heavy atom. The summed E-state index contributed by atoms with van der Waals surface area (Å²) in [4.78, 5) is 129. The number of amides is 6. The molecule has 6 amide bonds. The van der Waals surface area contributed by atoms with Gasteiger partial charge in [0.1, 0.15) is 0 Å². The molecule has 6 aliphatic heterocycles. The molecule has 0 radical (unpaired) electrons. The second kappa shape index (κ2) is 36.4. The first-order valence-corrected chi connectivity index (χ1v) is 45.8. The third-order valence-electron chi connectivity index (χ3n) is 31.1. The summed E-state index contributed by atoms with van der Waals surface area (Å²) in [6.07, 6.45) is 23.6. The first kappa shape index (κ1) is 95.7. The molecule has 0 atom stereocenters. The van der Waals surface area contributed by atoms with Crippen LogP contribution in [0.3, 0.4) is 0 Å². The van der Waals surface area contributed by atoms with Crippen molar-refractivity contribution in [3.8, 4) is 0 Å². The van der Waals surface area contributed by atoms with Gasteiger partial charge in [-0.05, 0) is 260 Å². The van der Waals surface area contributed by atoms with Crippen LogP contribution in [-0.4, -0.2) is 347 Å². The normalized spacial score (nSPS) is 26.7. The molecule has 0 spiro atoms. The highest BCUT2D eigenvalue weighted by Crippen LogP contribution is 2.41. The minimum atomic E-state index is -0.628. The summed E-state index contributed by atoms with van der Waals surface area (Å²) in [7, 11) is 12.3. The Kier molecular flexibility index (Phi) is 29.8. The van der Waals surface area contributed by atoms with Gasteiger partial charge in [-0.3, -0.25) is 63.2 Å². The van der Waals surface area contributed by atoms with Crippen LogP contribution >= 0.6 is 0 Å². The molecule has 0 bridgehead atoms. The Labute approximate surface area is 710 Å². The van der Waals surface area contributed by atoms with Crippen LogP contribution in [0.2, 0.25) is 0 Å². The van der Waals surface area contributed by atoms with Gasteiger partial charge in [0.2, 0.25) is 47.4 Å². The van der Waals surface area contributed by atoms with Crippen molar-refractivity contribution >= 4 is 53.3 Å². The zero-order valence-corrected chi connectivity index (χ0v) is 79.8. The SMILES string of the molecule is CN1C(C)(C)CN(CCN(c2nc(N(CCN3CC(C)(C)N(C)C(C)(C)C3=O)C3CCCCC3)nc(N(CCN3CC(C)(C)N(C)C(C)(C)C3=O)C3CCCCC3)n2)C2CCCCC2)C(=O)C1(C)C.CN1C(C)(C)CN(CCNC2CCCCC2)C(=O)C1(C)C.CN1C(C)(C)CN(CCNN2CC(C)(C)N(C)C(C)(C)C2=O)C(=O)C1(C)C. The molecule has 2 N–H and O–H groups in total. The summed E-state index contributed by atoms with van der Waals surface area (Å²) in [6, 6.07) is 1.37. The molecule has 0 aromatic carbocycles. The van der Waals surface area contributed by atoms with Crippen LogP contribution in [0.4, 0.5) is 17.8 Å². The first-order chi connectivity index (χ1) is 54.0. The number of carbonyl (C=O) groups excluding carboxylic acids is 6. The summed E-state index contributed by atoms with van der Waals surface area (Å²) >= 11 is 0. The van der Waals surface area contributed by atoms with E-state index in [1.165, 1.54) is 51.4 Å².